The molecule has 0 unspecified atom stereocenters. The fraction of sp³-hybridized carbons (Fsp3) is 0.0500. The Hall–Kier alpha value is -2.90. The van der Waals surface area contributed by atoms with Crippen LogP contribution in [0.25, 0.3) is 4.96 Å². The van der Waals surface area contributed by atoms with Crippen molar-refractivity contribution in [3.63, 3.8) is 0 Å². The summed E-state index contributed by atoms with van der Waals surface area (Å²) in [6, 6.07) is 17.4. The number of anilines is 1. The number of amides is 1. The highest BCUT2D eigenvalue weighted by Crippen LogP contribution is 2.33. The first-order chi connectivity index (χ1) is 13.1. The number of carbonyl (C=O) groups excluding carboxylic acids is 1. The van der Waals surface area contributed by atoms with Gasteiger partial charge in [0.2, 0.25) is 0 Å². The Kier molecular flexibility index (Phi) is 4.79. The molecule has 0 aliphatic carbocycles. The van der Waals surface area contributed by atoms with E-state index >= 15 is 0 Å². The monoisotopic (exact) mass is 393 g/mol. The normalized spacial score (nSPS) is 10.9. The third-order valence-corrected chi connectivity index (χ3v) is 6.01. The number of hydrogen-bond acceptors (Lipinski definition) is 5. The minimum atomic E-state index is -0.464. The standard InChI is InChI=1S/C20H15N3O2S2/c1-13-12-26-20-21-11-15(19(25)23(13)20)18(24)22-16-9-5-6-10-17(16)27-14-7-3-2-4-8-14/h2-12H,1H3,(H,22,24). The van der Waals surface area contributed by atoms with Crippen LogP contribution in [0, 0.1) is 6.92 Å². The van der Waals surface area contributed by atoms with Crippen LogP contribution >= 0.6 is 23.1 Å². The van der Waals surface area contributed by atoms with Gasteiger partial charge in [-0.15, -0.1) is 11.3 Å². The zero-order valence-corrected chi connectivity index (χ0v) is 16.0. The largest absolute Gasteiger partial charge is 0.321 e. The van der Waals surface area contributed by atoms with E-state index in [0.29, 0.717) is 10.6 Å². The summed E-state index contributed by atoms with van der Waals surface area (Å²) in [6.07, 6.45) is 1.34. The summed E-state index contributed by atoms with van der Waals surface area (Å²) in [6.45, 7) is 1.82. The van der Waals surface area contributed by atoms with Gasteiger partial charge in [0.15, 0.2) is 4.96 Å². The molecule has 27 heavy (non-hydrogen) atoms. The van der Waals surface area contributed by atoms with Gasteiger partial charge in [-0.05, 0) is 31.2 Å². The molecular formula is C20H15N3O2S2. The fourth-order valence-corrected chi connectivity index (χ4v) is 4.39. The molecule has 1 N–H and O–H groups in total. The molecule has 5 nitrogen and oxygen atoms in total. The Labute approximate surface area is 163 Å². The molecule has 4 rings (SSSR count). The van der Waals surface area contributed by atoms with E-state index in [9.17, 15) is 9.59 Å². The topological polar surface area (TPSA) is 63.5 Å². The molecular weight excluding hydrogens is 378 g/mol. The second-order valence-electron chi connectivity index (χ2n) is 5.84. The minimum absolute atomic E-state index is 0.0218. The highest BCUT2D eigenvalue weighted by molar-refractivity contribution is 7.99. The number of hydrogen-bond donors (Lipinski definition) is 1. The predicted octanol–water partition coefficient (Wildman–Crippen LogP) is 4.47. The molecule has 2 aromatic heterocycles. The molecule has 7 heteroatoms. The van der Waals surface area contributed by atoms with E-state index in [1.807, 2.05) is 66.9 Å². The molecule has 0 saturated carbocycles. The van der Waals surface area contributed by atoms with Crippen LogP contribution in [-0.2, 0) is 0 Å². The zero-order chi connectivity index (χ0) is 18.8. The third kappa shape index (κ3) is 3.51. The number of nitrogens with zero attached hydrogens (tertiary/aromatic N) is 2. The number of thiazole rings is 1. The molecule has 0 atom stereocenters. The van der Waals surface area contributed by atoms with Crippen molar-refractivity contribution in [2.24, 2.45) is 0 Å². The van der Waals surface area contributed by atoms with Gasteiger partial charge in [0.1, 0.15) is 5.56 Å². The van der Waals surface area contributed by atoms with Crippen LogP contribution in [0.5, 0.6) is 0 Å². The number of aryl methyl sites for hydroxylation is 1. The first-order valence-electron chi connectivity index (χ1n) is 8.22. The van der Waals surface area contributed by atoms with E-state index in [2.05, 4.69) is 10.3 Å². The summed E-state index contributed by atoms with van der Waals surface area (Å²) in [5.74, 6) is -0.464. The van der Waals surface area contributed by atoms with E-state index in [0.717, 1.165) is 15.5 Å². The third-order valence-electron chi connectivity index (χ3n) is 3.97. The van der Waals surface area contributed by atoms with Crippen LogP contribution < -0.4 is 10.9 Å². The predicted molar refractivity (Wildman–Crippen MR) is 109 cm³/mol. The quantitative estimate of drug-likeness (QED) is 0.556. The smallest absolute Gasteiger partial charge is 0.271 e. The molecule has 0 bridgehead atoms. The molecule has 2 heterocycles. The lowest BCUT2D eigenvalue weighted by atomic mass is 10.2. The maximum Gasteiger partial charge on any atom is 0.271 e. The molecule has 1 amide bonds. The average molecular weight is 393 g/mol. The summed E-state index contributed by atoms with van der Waals surface area (Å²) < 4.78 is 1.46. The van der Waals surface area contributed by atoms with E-state index in [4.69, 9.17) is 0 Å². The first-order valence-corrected chi connectivity index (χ1v) is 9.92. The van der Waals surface area contributed by atoms with Crippen molar-refractivity contribution in [2.45, 2.75) is 16.7 Å². The number of carbonyl (C=O) groups is 1. The highest BCUT2D eigenvalue weighted by Gasteiger charge is 2.16. The van der Waals surface area contributed by atoms with E-state index in [1.54, 1.807) is 11.8 Å². The number of para-hydroxylation sites is 1. The molecule has 134 valence electrons. The number of nitrogens with one attached hydrogen (secondary N) is 1. The molecule has 0 fully saturated rings. The van der Waals surface area contributed by atoms with Gasteiger partial charge < -0.3 is 5.32 Å². The van der Waals surface area contributed by atoms with Gasteiger partial charge in [-0.3, -0.25) is 14.0 Å². The Bertz CT molecular complexity index is 1180. The molecule has 0 aliphatic heterocycles. The maximum absolute atomic E-state index is 12.7. The highest BCUT2D eigenvalue weighted by atomic mass is 32.2. The van der Waals surface area contributed by atoms with Crippen molar-refractivity contribution in [1.29, 1.82) is 0 Å². The van der Waals surface area contributed by atoms with Gasteiger partial charge in [0.05, 0.1) is 5.69 Å². The molecule has 0 saturated heterocycles. The first kappa shape index (κ1) is 17.5. The number of aromatic nitrogens is 2. The minimum Gasteiger partial charge on any atom is -0.321 e. The van der Waals surface area contributed by atoms with Gasteiger partial charge in [-0.2, -0.15) is 0 Å². The van der Waals surface area contributed by atoms with Crippen LogP contribution in [-0.4, -0.2) is 15.3 Å². The molecule has 0 aliphatic rings. The molecule has 2 aromatic carbocycles. The van der Waals surface area contributed by atoms with Crippen molar-refractivity contribution < 1.29 is 4.79 Å². The van der Waals surface area contributed by atoms with Gasteiger partial charge in [-0.1, -0.05) is 42.1 Å². The van der Waals surface area contributed by atoms with Crippen molar-refractivity contribution in [3.8, 4) is 0 Å². The Morgan fingerprint density at radius 3 is 2.67 bits per heavy atom. The van der Waals surface area contributed by atoms with Gasteiger partial charge in [0, 0.05) is 27.1 Å². The van der Waals surface area contributed by atoms with Crippen molar-refractivity contribution >= 4 is 39.7 Å². The zero-order valence-electron chi connectivity index (χ0n) is 14.4. The lowest BCUT2D eigenvalue weighted by Gasteiger charge is -2.10. The van der Waals surface area contributed by atoms with Gasteiger partial charge >= 0.3 is 0 Å². The van der Waals surface area contributed by atoms with E-state index in [1.165, 1.54) is 21.9 Å². The maximum atomic E-state index is 12.7. The van der Waals surface area contributed by atoms with Crippen LogP contribution in [0.15, 0.2) is 80.8 Å². The number of benzene rings is 2. The van der Waals surface area contributed by atoms with Gasteiger partial charge in [0.25, 0.3) is 11.5 Å². The SMILES string of the molecule is Cc1csc2ncc(C(=O)Nc3ccccc3Sc3ccccc3)c(=O)n12. The Morgan fingerprint density at radius 2 is 1.85 bits per heavy atom. The Morgan fingerprint density at radius 1 is 1.11 bits per heavy atom. The van der Waals surface area contributed by atoms with Crippen LogP contribution in [0.2, 0.25) is 0 Å². The summed E-state index contributed by atoms with van der Waals surface area (Å²) in [5, 5.41) is 4.70. The van der Waals surface area contributed by atoms with Crippen molar-refractivity contribution in [3.05, 3.63) is 87.8 Å². The Balaban J connectivity index is 1.65. The molecule has 0 spiro atoms. The number of fused-ring (bicyclic) bond motifs is 1. The van der Waals surface area contributed by atoms with Gasteiger partial charge in [-0.25, -0.2) is 4.98 Å². The van der Waals surface area contributed by atoms with E-state index in [-0.39, 0.29) is 11.1 Å². The summed E-state index contributed by atoms with van der Waals surface area (Å²) >= 11 is 2.92. The summed E-state index contributed by atoms with van der Waals surface area (Å²) in [4.78, 5) is 32.2. The number of rotatable bonds is 4. The lowest BCUT2D eigenvalue weighted by molar-refractivity contribution is 0.102. The van der Waals surface area contributed by atoms with Crippen molar-refractivity contribution in [1.82, 2.24) is 9.38 Å². The van der Waals surface area contributed by atoms with Crippen LogP contribution in [0.4, 0.5) is 5.69 Å². The van der Waals surface area contributed by atoms with Crippen LogP contribution in [0.3, 0.4) is 0 Å². The summed E-state index contributed by atoms with van der Waals surface area (Å²) in [5.41, 5.74) is 1.09. The van der Waals surface area contributed by atoms with Crippen LogP contribution in [0.1, 0.15) is 16.1 Å². The van der Waals surface area contributed by atoms with Crippen molar-refractivity contribution in [2.75, 3.05) is 5.32 Å². The molecule has 0 radical (unpaired) electrons. The summed E-state index contributed by atoms with van der Waals surface area (Å²) in [7, 11) is 0. The van der Waals surface area contributed by atoms with E-state index < -0.39 is 5.91 Å². The second-order valence-corrected chi connectivity index (χ2v) is 7.79. The average Bonchev–Trinajstić information content (AvgIpc) is 3.06. The lowest BCUT2D eigenvalue weighted by Crippen LogP contribution is -2.26. The fourth-order valence-electron chi connectivity index (χ4n) is 2.64. The molecule has 4 aromatic rings. The second kappa shape index (κ2) is 7.38.